The standard InChI is InChI=1S/C7H17NO3S/c1-7(2,6-9)4-3-5-12(8,10)11/h9H,3-6H2,1-2H3,(H2,8,10,11). The predicted octanol–water partition coefficient (Wildman–Crippen LogP) is 0.0736. The molecule has 74 valence electrons. The third kappa shape index (κ3) is 6.57. The van der Waals surface area contributed by atoms with Crippen LogP contribution in [0.15, 0.2) is 0 Å². The van der Waals surface area contributed by atoms with Crippen molar-refractivity contribution >= 4 is 10.0 Å². The van der Waals surface area contributed by atoms with E-state index in [4.69, 9.17) is 10.2 Å². The molecule has 0 aromatic carbocycles. The molecule has 0 heterocycles. The van der Waals surface area contributed by atoms with E-state index < -0.39 is 10.0 Å². The largest absolute Gasteiger partial charge is 0.396 e. The van der Waals surface area contributed by atoms with Crippen molar-refractivity contribution < 1.29 is 13.5 Å². The lowest BCUT2D eigenvalue weighted by molar-refractivity contribution is 0.150. The molecule has 0 radical (unpaired) electrons. The molecule has 0 amide bonds. The maximum atomic E-state index is 10.5. The van der Waals surface area contributed by atoms with Crippen LogP contribution in [0.4, 0.5) is 0 Å². The van der Waals surface area contributed by atoms with E-state index in [0.717, 1.165) is 0 Å². The SMILES string of the molecule is CC(C)(CO)CCCS(N)(=O)=O. The molecule has 0 aliphatic heterocycles. The number of rotatable bonds is 5. The first-order chi connectivity index (χ1) is 5.27. The topological polar surface area (TPSA) is 80.4 Å². The van der Waals surface area contributed by atoms with E-state index in [9.17, 15) is 8.42 Å². The van der Waals surface area contributed by atoms with Crippen LogP contribution in [0.1, 0.15) is 26.7 Å². The second-order valence-electron chi connectivity index (χ2n) is 3.79. The first kappa shape index (κ1) is 11.9. The van der Waals surface area contributed by atoms with E-state index in [2.05, 4.69) is 0 Å². The van der Waals surface area contributed by atoms with Gasteiger partial charge in [0.1, 0.15) is 0 Å². The van der Waals surface area contributed by atoms with E-state index in [0.29, 0.717) is 12.8 Å². The van der Waals surface area contributed by atoms with Crippen LogP contribution in [-0.4, -0.2) is 25.9 Å². The van der Waals surface area contributed by atoms with E-state index in [1.807, 2.05) is 13.8 Å². The van der Waals surface area contributed by atoms with Gasteiger partial charge in [0.2, 0.25) is 10.0 Å². The monoisotopic (exact) mass is 195 g/mol. The van der Waals surface area contributed by atoms with Gasteiger partial charge in [0, 0.05) is 6.61 Å². The zero-order valence-corrected chi connectivity index (χ0v) is 8.39. The molecule has 0 atom stereocenters. The summed E-state index contributed by atoms with van der Waals surface area (Å²) in [6.07, 6.45) is 1.17. The van der Waals surface area contributed by atoms with Crippen molar-refractivity contribution in [3.8, 4) is 0 Å². The Balaban J connectivity index is 3.72. The van der Waals surface area contributed by atoms with Gasteiger partial charge in [-0.15, -0.1) is 0 Å². The van der Waals surface area contributed by atoms with E-state index in [-0.39, 0.29) is 17.8 Å². The summed E-state index contributed by atoms with van der Waals surface area (Å²) < 4.78 is 21.0. The molecule has 0 aliphatic carbocycles. The third-order valence-corrected chi connectivity index (χ3v) is 2.57. The highest BCUT2D eigenvalue weighted by molar-refractivity contribution is 7.89. The lowest BCUT2D eigenvalue weighted by Crippen LogP contribution is -2.21. The third-order valence-electron chi connectivity index (χ3n) is 1.71. The van der Waals surface area contributed by atoms with Gasteiger partial charge in [-0.2, -0.15) is 0 Å². The van der Waals surface area contributed by atoms with Crippen LogP contribution in [0.25, 0.3) is 0 Å². The van der Waals surface area contributed by atoms with Gasteiger partial charge in [0.05, 0.1) is 5.75 Å². The Labute approximate surface area is 73.8 Å². The van der Waals surface area contributed by atoms with Gasteiger partial charge in [-0.05, 0) is 18.3 Å². The molecule has 0 unspecified atom stereocenters. The summed E-state index contributed by atoms with van der Waals surface area (Å²) in [5, 5.41) is 13.7. The predicted molar refractivity (Wildman–Crippen MR) is 48.1 cm³/mol. The molecule has 0 aromatic heterocycles. The van der Waals surface area contributed by atoms with Crippen molar-refractivity contribution in [3.63, 3.8) is 0 Å². The van der Waals surface area contributed by atoms with Crippen LogP contribution in [0.2, 0.25) is 0 Å². The average molecular weight is 195 g/mol. The molecule has 0 rings (SSSR count). The van der Waals surface area contributed by atoms with Crippen molar-refractivity contribution in [2.75, 3.05) is 12.4 Å². The first-order valence-corrected chi connectivity index (χ1v) is 5.60. The molecule has 0 bridgehead atoms. The average Bonchev–Trinajstić information content (AvgIpc) is 1.84. The molecular weight excluding hydrogens is 178 g/mol. The van der Waals surface area contributed by atoms with Gasteiger partial charge >= 0.3 is 0 Å². The minimum absolute atomic E-state index is 0.00354. The molecule has 0 aromatic rings. The molecule has 0 saturated carbocycles. The Morgan fingerprint density at radius 3 is 2.25 bits per heavy atom. The van der Waals surface area contributed by atoms with Gasteiger partial charge in [0.25, 0.3) is 0 Å². The molecule has 12 heavy (non-hydrogen) atoms. The normalized spacial score (nSPS) is 13.3. The van der Waals surface area contributed by atoms with Crippen molar-refractivity contribution in [1.29, 1.82) is 0 Å². The molecule has 5 heteroatoms. The smallest absolute Gasteiger partial charge is 0.209 e. The minimum atomic E-state index is -3.34. The van der Waals surface area contributed by atoms with Crippen molar-refractivity contribution in [2.45, 2.75) is 26.7 Å². The summed E-state index contributed by atoms with van der Waals surface area (Å²) in [4.78, 5) is 0. The second kappa shape index (κ2) is 4.20. The highest BCUT2D eigenvalue weighted by Crippen LogP contribution is 2.20. The maximum Gasteiger partial charge on any atom is 0.209 e. The summed E-state index contributed by atoms with van der Waals surface area (Å²) in [5.74, 6) is -0.00354. The number of hydrogen-bond acceptors (Lipinski definition) is 3. The van der Waals surface area contributed by atoms with E-state index in [1.54, 1.807) is 0 Å². The highest BCUT2D eigenvalue weighted by atomic mass is 32.2. The van der Waals surface area contributed by atoms with Gasteiger partial charge in [-0.3, -0.25) is 0 Å². The summed E-state index contributed by atoms with van der Waals surface area (Å²) >= 11 is 0. The quantitative estimate of drug-likeness (QED) is 0.651. The molecule has 0 fully saturated rings. The van der Waals surface area contributed by atoms with Gasteiger partial charge in [-0.25, -0.2) is 13.6 Å². The van der Waals surface area contributed by atoms with Gasteiger partial charge in [-0.1, -0.05) is 13.8 Å². The van der Waals surface area contributed by atoms with Crippen molar-refractivity contribution in [1.82, 2.24) is 0 Å². The fraction of sp³-hybridized carbons (Fsp3) is 1.00. The van der Waals surface area contributed by atoms with Crippen LogP contribution < -0.4 is 5.14 Å². The molecular formula is C7H17NO3S. The van der Waals surface area contributed by atoms with Crippen molar-refractivity contribution in [3.05, 3.63) is 0 Å². The van der Waals surface area contributed by atoms with Gasteiger partial charge in [0.15, 0.2) is 0 Å². The molecule has 0 saturated heterocycles. The maximum absolute atomic E-state index is 10.5. The molecule has 0 aliphatic rings. The Bertz CT molecular complexity index is 221. The number of nitrogens with two attached hydrogens (primary N) is 1. The fourth-order valence-corrected chi connectivity index (χ4v) is 1.38. The summed E-state index contributed by atoms with van der Waals surface area (Å²) in [6, 6.07) is 0. The second-order valence-corrected chi connectivity index (χ2v) is 5.53. The zero-order valence-electron chi connectivity index (χ0n) is 7.58. The fourth-order valence-electron chi connectivity index (χ4n) is 0.831. The van der Waals surface area contributed by atoms with Crippen LogP contribution in [0.5, 0.6) is 0 Å². The molecule has 4 nitrogen and oxygen atoms in total. The summed E-state index contributed by atoms with van der Waals surface area (Å²) in [6.45, 7) is 3.84. The van der Waals surface area contributed by atoms with Crippen LogP contribution in [-0.2, 0) is 10.0 Å². The Kier molecular flexibility index (Phi) is 4.16. The Morgan fingerprint density at radius 1 is 1.42 bits per heavy atom. The van der Waals surface area contributed by atoms with Crippen LogP contribution in [0.3, 0.4) is 0 Å². The van der Waals surface area contributed by atoms with Crippen molar-refractivity contribution in [2.24, 2.45) is 10.6 Å². The number of primary sulfonamides is 1. The molecule has 3 N–H and O–H groups in total. The Hall–Kier alpha value is -0.130. The van der Waals surface area contributed by atoms with Crippen LogP contribution in [0, 0.1) is 5.41 Å². The first-order valence-electron chi connectivity index (χ1n) is 3.88. The minimum Gasteiger partial charge on any atom is -0.396 e. The molecule has 0 spiro atoms. The Morgan fingerprint density at radius 2 is 1.92 bits per heavy atom. The highest BCUT2D eigenvalue weighted by Gasteiger charge is 2.16. The van der Waals surface area contributed by atoms with E-state index >= 15 is 0 Å². The summed E-state index contributed by atoms with van der Waals surface area (Å²) in [5.41, 5.74) is -0.204. The van der Waals surface area contributed by atoms with E-state index in [1.165, 1.54) is 0 Å². The van der Waals surface area contributed by atoms with Gasteiger partial charge < -0.3 is 5.11 Å². The van der Waals surface area contributed by atoms with Crippen LogP contribution >= 0.6 is 0 Å². The number of hydrogen-bond donors (Lipinski definition) is 2. The number of aliphatic hydroxyl groups is 1. The number of aliphatic hydroxyl groups excluding tert-OH is 1. The zero-order chi connectivity index (χ0) is 9.83. The number of sulfonamides is 1. The summed E-state index contributed by atoms with van der Waals surface area (Å²) in [7, 11) is -3.34. The lowest BCUT2D eigenvalue weighted by Gasteiger charge is -2.20. The lowest BCUT2D eigenvalue weighted by atomic mass is 9.89.